The first-order valence-electron chi connectivity index (χ1n) is 23.0. The number of halogens is 6. The van der Waals surface area contributed by atoms with Crippen molar-refractivity contribution < 1.29 is 94.1 Å². The number of carboxylic acids is 3. The molecule has 0 saturated heterocycles. The van der Waals surface area contributed by atoms with Crippen LogP contribution in [-0.2, 0) is 52.5 Å². The second-order valence-corrected chi connectivity index (χ2v) is 21.6. The Morgan fingerprint density at radius 2 is 0.969 bits per heavy atom. The third-order valence-electron chi connectivity index (χ3n) is 16.5. The molecular formula is C45H55F6O14-3. The Bertz CT molecular complexity index is 1880. The molecule has 14 nitrogen and oxygen atoms in total. The third kappa shape index (κ3) is 9.57. The molecule has 65 heavy (non-hydrogen) atoms. The van der Waals surface area contributed by atoms with Gasteiger partial charge in [0.25, 0.3) is 0 Å². The van der Waals surface area contributed by atoms with Gasteiger partial charge in [0.05, 0.1) is 35.4 Å². The Morgan fingerprint density at radius 3 is 1.43 bits per heavy atom. The number of carboxylic acid groups (broad SMARTS) is 3. The number of carbonyl (C=O) groups excluding carboxylic acids is 6. The lowest BCUT2D eigenvalue weighted by Crippen LogP contribution is -2.62. The second kappa shape index (κ2) is 16.7. The number of rotatable bonds is 14. The first-order chi connectivity index (χ1) is 30.2. The topological polar surface area (TPSA) is 218 Å². The van der Waals surface area contributed by atoms with Crippen LogP contribution in [0.4, 0.5) is 26.3 Å². The standard InChI is InChI=1S/C19H26F2O5.C14H18F2O5.C12H14F2O4/c1-16(4-2-3-5-16)25-15(24)17-7-12-6-13(8-17)10-18(9-12,11-17)26-19(20,21)14(22)23;15-14(16,12(18)19)21-2-1-20-13-5-8-3-9(6-13)11(17)10(4-8)7-13;13-12(14,10(16)17)18-11-3-6-1-7(4-11)9(15)8(2-6)5-11/h12-13H,2-11H2,1H3,(H,22,23);8-10H,1-7H2,(H,18,19);6-8H,1-5H2,(H,16,17)/p-3. The molecule has 0 aromatic rings. The van der Waals surface area contributed by atoms with Gasteiger partial charge in [-0.3, -0.25) is 14.4 Å². The summed E-state index contributed by atoms with van der Waals surface area (Å²) >= 11 is 0. The van der Waals surface area contributed by atoms with E-state index in [2.05, 4.69) is 9.47 Å². The molecule has 0 amide bonds. The van der Waals surface area contributed by atoms with Gasteiger partial charge in [-0.15, -0.1) is 0 Å². The van der Waals surface area contributed by atoms with E-state index in [-0.39, 0.29) is 79.0 Å². The number of Topliss-reactive ketones (excluding diaryl/α,β-unsaturated/α-hetero) is 2. The molecular weight excluding hydrogens is 878 g/mol. The molecule has 20 heteroatoms. The number of carbonyl (C=O) groups is 6. The van der Waals surface area contributed by atoms with E-state index in [0.29, 0.717) is 56.6 Å². The van der Waals surface area contributed by atoms with Gasteiger partial charge in [0.2, 0.25) is 0 Å². The first-order valence-corrected chi connectivity index (χ1v) is 23.0. The van der Waals surface area contributed by atoms with Crippen molar-refractivity contribution in [1.29, 1.82) is 0 Å². The zero-order valence-electron chi connectivity index (χ0n) is 36.2. The largest absolute Gasteiger partial charge is 0.542 e. The van der Waals surface area contributed by atoms with E-state index in [4.69, 9.17) is 14.2 Å². The normalized spacial score (nSPS) is 40.2. The maximum atomic E-state index is 13.8. The van der Waals surface area contributed by atoms with Crippen LogP contribution in [0, 0.1) is 52.8 Å². The zero-order valence-corrected chi connectivity index (χ0v) is 36.2. The number of ketones is 2. The molecule has 13 aliphatic rings. The predicted molar refractivity (Wildman–Crippen MR) is 199 cm³/mol. The summed E-state index contributed by atoms with van der Waals surface area (Å²) in [5.41, 5.74) is -4.12. The Morgan fingerprint density at radius 1 is 0.554 bits per heavy atom. The molecule has 0 aliphatic heterocycles. The summed E-state index contributed by atoms with van der Waals surface area (Å²) in [7, 11) is 0. The van der Waals surface area contributed by atoms with E-state index in [1.807, 2.05) is 6.92 Å². The van der Waals surface area contributed by atoms with E-state index in [1.165, 1.54) is 0 Å². The number of aliphatic carboxylic acids is 3. The number of hydrogen-bond donors (Lipinski definition) is 0. The molecule has 0 spiro atoms. The van der Waals surface area contributed by atoms with Gasteiger partial charge < -0.3 is 53.4 Å². The van der Waals surface area contributed by atoms with Gasteiger partial charge in [0, 0.05) is 23.7 Å². The molecule has 0 N–H and O–H groups in total. The SMILES string of the molecule is CC1(OC(=O)C23CC4CC(CC(OC(F)(F)C(=O)[O-])(C4)C2)C3)CCCC1.O=C1C2CC3CC1CC(OC(F)(F)C(=O)[O-])(C3)C2.O=C1C2CC3CC1CC(OCCOC(F)(F)C(=O)[O-])(C3)C2. The molecule has 6 atom stereocenters. The Balaban J connectivity index is 0.000000135. The molecule has 13 fully saturated rings. The summed E-state index contributed by atoms with van der Waals surface area (Å²) in [4.78, 5) is 68.2. The van der Waals surface area contributed by atoms with Gasteiger partial charge in [-0.25, -0.2) is 0 Å². The maximum Gasteiger partial charge on any atom is 0.398 e. The van der Waals surface area contributed by atoms with Crippen LogP contribution in [0.5, 0.6) is 0 Å². The van der Waals surface area contributed by atoms with Crippen molar-refractivity contribution in [3.8, 4) is 0 Å². The zero-order chi connectivity index (χ0) is 47.2. The van der Waals surface area contributed by atoms with Gasteiger partial charge >= 0.3 is 24.3 Å². The molecule has 0 aromatic carbocycles. The van der Waals surface area contributed by atoms with E-state index in [9.17, 15) is 70.4 Å². The van der Waals surface area contributed by atoms with Crippen LogP contribution in [0.1, 0.15) is 135 Å². The van der Waals surface area contributed by atoms with Crippen LogP contribution in [0.25, 0.3) is 0 Å². The molecule has 0 heterocycles. The van der Waals surface area contributed by atoms with Gasteiger partial charge in [-0.1, -0.05) is 0 Å². The van der Waals surface area contributed by atoms with Crippen LogP contribution in [-0.4, -0.2) is 89.4 Å². The summed E-state index contributed by atoms with van der Waals surface area (Å²) in [6.07, 6.45) is 0.113. The van der Waals surface area contributed by atoms with E-state index in [0.717, 1.165) is 64.2 Å². The summed E-state index contributed by atoms with van der Waals surface area (Å²) in [6.45, 7) is 1.31. The van der Waals surface area contributed by atoms with Crippen LogP contribution >= 0.6 is 0 Å². The second-order valence-electron chi connectivity index (χ2n) is 21.6. The van der Waals surface area contributed by atoms with Crippen molar-refractivity contribution in [2.45, 2.75) is 176 Å². The van der Waals surface area contributed by atoms with Crippen LogP contribution in [0.15, 0.2) is 0 Å². The van der Waals surface area contributed by atoms with Gasteiger partial charge in [-0.2, -0.15) is 26.3 Å². The van der Waals surface area contributed by atoms with Crippen molar-refractivity contribution in [2.75, 3.05) is 13.2 Å². The molecule has 12 bridgehead atoms. The molecule has 364 valence electrons. The minimum atomic E-state index is -4.34. The molecule has 13 saturated carbocycles. The Hall–Kier alpha value is -3.36. The number of hydrogen-bond acceptors (Lipinski definition) is 14. The minimum absolute atomic E-state index is 0.0434. The van der Waals surface area contributed by atoms with Crippen LogP contribution in [0.2, 0.25) is 0 Å². The first kappa shape index (κ1) is 48.1. The van der Waals surface area contributed by atoms with E-state index < -0.39 is 70.7 Å². The fraction of sp³-hybridized carbons (Fsp3) is 0.867. The lowest BCUT2D eigenvalue weighted by Gasteiger charge is -2.60. The smallest absolute Gasteiger partial charge is 0.398 e. The number of ether oxygens (including phenoxy) is 5. The Kier molecular flexibility index (Phi) is 12.4. The van der Waals surface area contributed by atoms with Crippen LogP contribution in [0.3, 0.4) is 0 Å². The molecule has 0 radical (unpaired) electrons. The fourth-order valence-corrected chi connectivity index (χ4v) is 14.9. The summed E-state index contributed by atoms with van der Waals surface area (Å²) in [5.74, 6) is -6.92. The van der Waals surface area contributed by atoms with Gasteiger partial charge in [-0.05, 0) is 159 Å². The average molecular weight is 934 g/mol. The summed E-state index contributed by atoms with van der Waals surface area (Å²) in [5, 5.41) is 31.2. The minimum Gasteiger partial charge on any atom is -0.542 e. The summed E-state index contributed by atoms with van der Waals surface area (Å²) < 4.78 is 104. The Labute approximate surface area is 371 Å². The lowest BCUT2D eigenvalue weighted by molar-refractivity contribution is -0.387. The van der Waals surface area contributed by atoms with Crippen molar-refractivity contribution in [3.05, 3.63) is 0 Å². The number of alkyl halides is 6. The third-order valence-corrected chi connectivity index (χ3v) is 16.5. The highest BCUT2D eigenvalue weighted by molar-refractivity contribution is 5.86. The van der Waals surface area contributed by atoms with Crippen molar-refractivity contribution in [3.63, 3.8) is 0 Å². The predicted octanol–water partition coefficient (Wildman–Crippen LogP) is 3.56. The van der Waals surface area contributed by atoms with Crippen molar-refractivity contribution in [1.82, 2.24) is 0 Å². The number of esters is 1. The molecule has 13 rings (SSSR count). The summed E-state index contributed by atoms with van der Waals surface area (Å²) in [6, 6.07) is 0. The fourth-order valence-electron chi connectivity index (χ4n) is 14.9. The van der Waals surface area contributed by atoms with Gasteiger partial charge in [0.1, 0.15) is 35.1 Å². The van der Waals surface area contributed by atoms with Crippen LogP contribution < -0.4 is 15.3 Å². The van der Waals surface area contributed by atoms with Crippen molar-refractivity contribution >= 4 is 35.4 Å². The highest BCUT2D eigenvalue weighted by Crippen LogP contribution is 2.64. The quantitative estimate of drug-likeness (QED) is 0.138. The van der Waals surface area contributed by atoms with E-state index >= 15 is 0 Å². The molecule has 6 unspecified atom stereocenters. The average Bonchev–Trinajstić information content (AvgIpc) is 3.61. The molecule has 0 aromatic heterocycles. The maximum absolute atomic E-state index is 13.8. The highest BCUT2D eigenvalue weighted by atomic mass is 19.3. The lowest BCUT2D eigenvalue weighted by atomic mass is 9.48. The molecule has 13 aliphatic carbocycles. The highest BCUT2D eigenvalue weighted by Gasteiger charge is 2.65. The van der Waals surface area contributed by atoms with Crippen molar-refractivity contribution in [2.24, 2.45) is 52.8 Å². The van der Waals surface area contributed by atoms with E-state index in [1.54, 1.807) is 0 Å². The van der Waals surface area contributed by atoms with Gasteiger partial charge in [0.15, 0.2) is 0 Å². The monoisotopic (exact) mass is 933 g/mol.